The molecule has 1 aliphatic rings. The number of ether oxygens (including phenoxy) is 1. The van der Waals surface area contributed by atoms with Crippen LogP contribution in [-0.4, -0.2) is 43.7 Å². The number of hydrogen-bond donors (Lipinski definition) is 1. The maximum atomic E-state index is 12.7. The van der Waals surface area contributed by atoms with Gasteiger partial charge in [-0.1, -0.05) is 22.0 Å². The molecule has 1 aromatic carbocycles. The Morgan fingerprint density at radius 1 is 1.25 bits per heavy atom. The second-order valence-electron chi connectivity index (χ2n) is 6.50. The number of halogens is 1. The molecular formula is C20H19BrN2O4S. The fraction of sp³-hybridized carbons (Fsp3) is 0.300. The van der Waals surface area contributed by atoms with Crippen molar-refractivity contribution < 1.29 is 13.9 Å². The number of nitrogens with zero attached hydrogens (tertiary/aromatic N) is 1. The highest BCUT2D eigenvalue weighted by atomic mass is 79.9. The first-order valence-corrected chi connectivity index (χ1v) is 10.7. The topological polar surface area (TPSA) is 71.8 Å². The minimum atomic E-state index is -0.392. The average Bonchev–Trinajstić information content (AvgIpc) is 3.24. The quantitative estimate of drug-likeness (QED) is 0.628. The first-order chi connectivity index (χ1) is 13.6. The third kappa shape index (κ3) is 4.20. The number of nitrogens with one attached hydrogen (secondary N) is 1. The molecule has 6 nitrogen and oxygen atoms in total. The lowest BCUT2D eigenvalue weighted by Gasteiger charge is -2.34. The largest absolute Gasteiger partial charge is 0.451 e. The van der Waals surface area contributed by atoms with E-state index in [1.165, 1.54) is 10.9 Å². The molecule has 28 heavy (non-hydrogen) atoms. The lowest BCUT2D eigenvalue weighted by Crippen LogP contribution is -2.43. The summed E-state index contributed by atoms with van der Waals surface area (Å²) in [4.78, 5) is 28.5. The summed E-state index contributed by atoms with van der Waals surface area (Å²) in [6, 6.07) is 10.5. The predicted molar refractivity (Wildman–Crippen MR) is 112 cm³/mol. The van der Waals surface area contributed by atoms with Gasteiger partial charge >= 0.3 is 0 Å². The molecule has 8 heteroatoms. The molecule has 3 heterocycles. The SMILES string of the molecule is O=C(NC[C@@H](c1cccs1)N1CCOCC1)c1cc(=O)c2cc(Br)ccc2o1. The van der Waals surface area contributed by atoms with Crippen LogP contribution in [0.3, 0.4) is 0 Å². The Hall–Kier alpha value is -2.00. The number of hydrogen-bond acceptors (Lipinski definition) is 6. The van der Waals surface area contributed by atoms with Gasteiger partial charge in [-0.15, -0.1) is 11.3 Å². The molecule has 2 aromatic heterocycles. The molecule has 3 aromatic rings. The number of carbonyl (C=O) groups excluding carboxylic acids is 1. The van der Waals surface area contributed by atoms with Gasteiger partial charge in [0.2, 0.25) is 0 Å². The summed E-state index contributed by atoms with van der Waals surface area (Å²) in [7, 11) is 0. The fourth-order valence-electron chi connectivity index (χ4n) is 3.30. The van der Waals surface area contributed by atoms with Crippen molar-refractivity contribution in [3.05, 3.63) is 67.1 Å². The standard InChI is InChI=1S/C20H19BrN2O4S/c21-13-3-4-17-14(10-13)16(24)11-18(27-17)20(25)22-12-15(19-2-1-9-28-19)23-5-7-26-8-6-23/h1-4,9-11,15H,5-8,12H2,(H,22,25)/t15-/m0/s1. The lowest BCUT2D eigenvalue weighted by atomic mass is 10.1. The van der Waals surface area contributed by atoms with E-state index in [-0.39, 0.29) is 17.2 Å². The number of carbonyl (C=O) groups is 1. The molecule has 0 aliphatic carbocycles. The highest BCUT2D eigenvalue weighted by molar-refractivity contribution is 9.10. The van der Waals surface area contributed by atoms with Crippen LogP contribution in [0.1, 0.15) is 21.5 Å². The van der Waals surface area contributed by atoms with Crippen LogP contribution in [0.15, 0.2) is 55.5 Å². The van der Waals surface area contributed by atoms with Crippen LogP contribution in [0.4, 0.5) is 0 Å². The monoisotopic (exact) mass is 462 g/mol. The molecule has 0 saturated carbocycles. The van der Waals surface area contributed by atoms with Gasteiger partial charge in [-0.3, -0.25) is 14.5 Å². The van der Waals surface area contributed by atoms with Crippen molar-refractivity contribution in [2.24, 2.45) is 0 Å². The van der Waals surface area contributed by atoms with Crippen molar-refractivity contribution in [1.29, 1.82) is 0 Å². The number of fused-ring (bicyclic) bond motifs is 1. The molecule has 0 bridgehead atoms. The van der Waals surface area contributed by atoms with Crippen molar-refractivity contribution in [3.63, 3.8) is 0 Å². The molecule has 0 spiro atoms. The van der Waals surface area contributed by atoms with Crippen molar-refractivity contribution in [2.45, 2.75) is 6.04 Å². The van der Waals surface area contributed by atoms with E-state index in [4.69, 9.17) is 9.15 Å². The second kappa shape index (κ2) is 8.57. The highest BCUT2D eigenvalue weighted by Gasteiger charge is 2.24. The molecule has 1 atom stereocenters. The van der Waals surface area contributed by atoms with E-state index in [9.17, 15) is 9.59 Å². The lowest BCUT2D eigenvalue weighted by molar-refractivity contribution is 0.0168. The number of amides is 1. The Labute approximate surface area is 174 Å². The van der Waals surface area contributed by atoms with E-state index < -0.39 is 5.91 Å². The van der Waals surface area contributed by atoms with Crippen LogP contribution in [-0.2, 0) is 4.74 Å². The number of benzene rings is 1. The van der Waals surface area contributed by atoms with E-state index >= 15 is 0 Å². The van der Waals surface area contributed by atoms with Crippen molar-refractivity contribution in [3.8, 4) is 0 Å². The summed E-state index contributed by atoms with van der Waals surface area (Å²) in [6.07, 6.45) is 0. The van der Waals surface area contributed by atoms with Gasteiger partial charge in [-0.05, 0) is 29.6 Å². The molecule has 0 unspecified atom stereocenters. The van der Waals surface area contributed by atoms with Crippen molar-refractivity contribution in [1.82, 2.24) is 10.2 Å². The molecule has 1 N–H and O–H groups in total. The highest BCUT2D eigenvalue weighted by Crippen LogP contribution is 2.25. The molecule has 4 rings (SSSR count). The van der Waals surface area contributed by atoms with Gasteiger partial charge in [0.15, 0.2) is 11.2 Å². The Morgan fingerprint density at radius 2 is 2.07 bits per heavy atom. The molecule has 1 amide bonds. The Morgan fingerprint density at radius 3 is 2.82 bits per heavy atom. The van der Waals surface area contributed by atoms with Gasteiger partial charge in [0.1, 0.15) is 5.58 Å². The zero-order chi connectivity index (χ0) is 19.5. The summed E-state index contributed by atoms with van der Waals surface area (Å²) in [5.41, 5.74) is 0.152. The summed E-state index contributed by atoms with van der Waals surface area (Å²) >= 11 is 5.01. The van der Waals surface area contributed by atoms with E-state index in [1.54, 1.807) is 29.5 Å². The predicted octanol–water partition coefficient (Wildman–Crippen LogP) is 3.42. The molecule has 146 valence electrons. The second-order valence-corrected chi connectivity index (χ2v) is 8.40. The number of rotatable bonds is 5. The molecular weight excluding hydrogens is 444 g/mol. The van der Waals surface area contributed by atoms with E-state index in [0.717, 1.165) is 17.6 Å². The van der Waals surface area contributed by atoms with Crippen LogP contribution in [0.2, 0.25) is 0 Å². The summed E-state index contributed by atoms with van der Waals surface area (Å²) in [6.45, 7) is 3.44. The summed E-state index contributed by atoms with van der Waals surface area (Å²) in [5.74, 6) is -0.372. The first kappa shape index (κ1) is 19.3. The number of morpholine rings is 1. The molecule has 1 saturated heterocycles. The van der Waals surface area contributed by atoms with Crippen molar-refractivity contribution >= 4 is 44.1 Å². The minimum absolute atomic E-state index is 0.0201. The smallest absolute Gasteiger partial charge is 0.287 e. The van der Waals surface area contributed by atoms with Gasteiger partial charge < -0.3 is 14.5 Å². The Balaban J connectivity index is 1.53. The first-order valence-electron chi connectivity index (χ1n) is 8.98. The summed E-state index contributed by atoms with van der Waals surface area (Å²) < 4.78 is 11.9. The van der Waals surface area contributed by atoms with E-state index in [0.29, 0.717) is 30.7 Å². The van der Waals surface area contributed by atoms with Crippen LogP contribution in [0.5, 0.6) is 0 Å². The molecule has 1 fully saturated rings. The zero-order valence-electron chi connectivity index (χ0n) is 15.0. The van der Waals surface area contributed by atoms with Crippen LogP contribution < -0.4 is 10.7 Å². The summed E-state index contributed by atoms with van der Waals surface area (Å²) in [5, 5.41) is 5.40. The zero-order valence-corrected chi connectivity index (χ0v) is 17.4. The van der Waals surface area contributed by atoms with Crippen molar-refractivity contribution in [2.75, 3.05) is 32.8 Å². The Bertz CT molecular complexity index is 1030. The van der Waals surface area contributed by atoms with E-state index in [2.05, 4.69) is 32.2 Å². The van der Waals surface area contributed by atoms with Gasteiger partial charge in [0, 0.05) is 35.1 Å². The third-order valence-corrected chi connectivity index (χ3v) is 6.19. The molecule has 0 radical (unpaired) electrons. The van der Waals surface area contributed by atoms with Gasteiger partial charge in [-0.2, -0.15) is 0 Å². The Kier molecular flexibility index (Phi) is 5.91. The van der Waals surface area contributed by atoms with Gasteiger partial charge in [0.25, 0.3) is 5.91 Å². The molecule has 1 aliphatic heterocycles. The maximum Gasteiger partial charge on any atom is 0.287 e. The van der Waals surface area contributed by atoms with Crippen LogP contribution >= 0.6 is 27.3 Å². The average molecular weight is 463 g/mol. The third-order valence-electron chi connectivity index (χ3n) is 4.73. The van der Waals surface area contributed by atoms with E-state index in [1.807, 2.05) is 11.4 Å². The normalized spacial score (nSPS) is 16.2. The minimum Gasteiger partial charge on any atom is -0.451 e. The van der Waals surface area contributed by atoms with Crippen LogP contribution in [0, 0.1) is 0 Å². The van der Waals surface area contributed by atoms with Crippen LogP contribution in [0.25, 0.3) is 11.0 Å². The fourth-order valence-corrected chi connectivity index (χ4v) is 4.52. The van der Waals surface area contributed by atoms with Gasteiger partial charge in [0.05, 0.1) is 24.6 Å². The van der Waals surface area contributed by atoms with Gasteiger partial charge in [-0.25, -0.2) is 0 Å². The number of thiophene rings is 1. The maximum absolute atomic E-state index is 12.7.